The third kappa shape index (κ3) is 5.32. The Labute approximate surface area is 223 Å². The van der Waals surface area contributed by atoms with E-state index in [1.165, 1.54) is 34.9 Å². The molecule has 1 saturated carbocycles. The smallest absolute Gasteiger partial charge is 0.417 e. The molecule has 1 fully saturated rings. The number of nitrogens with one attached hydrogen (secondary N) is 1. The molecule has 0 saturated heterocycles. The topological polar surface area (TPSA) is 92.9 Å². The lowest BCUT2D eigenvalue weighted by Crippen LogP contribution is -2.31. The van der Waals surface area contributed by atoms with Crippen molar-refractivity contribution in [3.63, 3.8) is 0 Å². The molecule has 7 nitrogen and oxygen atoms in total. The van der Waals surface area contributed by atoms with Crippen LogP contribution >= 0.6 is 0 Å². The van der Waals surface area contributed by atoms with Gasteiger partial charge in [-0.1, -0.05) is 36.8 Å². The molecule has 0 spiro atoms. The molecule has 1 aliphatic carbocycles. The van der Waals surface area contributed by atoms with Gasteiger partial charge in [-0.05, 0) is 49.4 Å². The van der Waals surface area contributed by atoms with Crippen LogP contribution in [0.2, 0.25) is 0 Å². The minimum atomic E-state index is -4.74. The summed E-state index contributed by atoms with van der Waals surface area (Å²) in [6.07, 6.45) is -6.37. The van der Waals surface area contributed by atoms with E-state index >= 15 is 0 Å². The number of nitrogens with zero attached hydrogens (tertiary/aromatic N) is 4. The molecule has 1 unspecified atom stereocenters. The van der Waals surface area contributed by atoms with Crippen LogP contribution in [0, 0.1) is 5.92 Å². The molecule has 5 rings (SSSR count). The Morgan fingerprint density at radius 2 is 1.68 bits per heavy atom. The molecule has 2 aromatic carbocycles. The number of alkyl halides is 6. The van der Waals surface area contributed by atoms with Crippen LogP contribution < -0.4 is 5.32 Å². The van der Waals surface area contributed by atoms with E-state index < -0.39 is 35.3 Å². The molecule has 1 aliphatic rings. The molecule has 2 heterocycles. The number of anilines is 1. The average molecular weight is 564 g/mol. The lowest BCUT2D eigenvalue weighted by atomic mass is 9.80. The predicted octanol–water partition coefficient (Wildman–Crippen LogP) is 6.88. The highest BCUT2D eigenvalue weighted by atomic mass is 19.4. The van der Waals surface area contributed by atoms with Crippen LogP contribution in [0.15, 0.2) is 48.5 Å². The van der Waals surface area contributed by atoms with Gasteiger partial charge >= 0.3 is 18.3 Å². The highest BCUT2D eigenvalue weighted by molar-refractivity contribution is 5.92. The molecule has 210 valence electrons. The maximum absolute atomic E-state index is 14.0. The summed E-state index contributed by atoms with van der Waals surface area (Å²) in [5.74, 6) is -1.87. The summed E-state index contributed by atoms with van der Waals surface area (Å²) in [5, 5.41) is 12.8. The monoisotopic (exact) mass is 563 g/mol. The Kier molecular flexibility index (Phi) is 6.92. The van der Waals surface area contributed by atoms with Crippen molar-refractivity contribution in [1.29, 1.82) is 0 Å². The van der Waals surface area contributed by atoms with E-state index in [9.17, 15) is 36.2 Å². The zero-order chi connectivity index (χ0) is 28.8. The normalized spacial score (nSPS) is 15.2. The summed E-state index contributed by atoms with van der Waals surface area (Å²) in [6, 6.07) is 8.82. The van der Waals surface area contributed by atoms with Gasteiger partial charge in [0.25, 0.3) is 0 Å². The zero-order valence-electron chi connectivity index (χ0n) is 21.0. The molecular weight excluding hydrogens is 540 g/mol. The Bertz CT molecular complexity index is 1560. The van der Waals surface area contributed by atoms with Gasteiger partial charge in [-0.2, -0.15) is 26.3 Å². The number of rotatable bonds is 7. The van der Waals surface area contributed by atoms with Gasteiger partial charge in [-0.3, -0.25) is 0 Å². The first kappa shape index (κ1) is 27.4. The number of hydrogen-bond donors (Lipinski definition) is 2. The molecule has 2 N–H and O–H groups in total. The van der Waals surface area contributed by atoms with Crippen molar-refractivity contribution in [2.45, 2.75) is 51.1 Å². The zero-order valence-corrected chi connectivity index (χ0v) is 21.0. The van der Waals surface area contributed by atoms with Crippen molar-refractivity contribution in [1.82, 2.24) is 19.5 Å². The molecule has 0 radical (unpaired) electrons. The molecule has 40 heavy (non-hydrogen) atoms. The van der Waals surface area contributed by atoms with Crippen molar-refractivity contribution in [3.8, 4) is 11.4 Å². The summed E-state index contributed by atoms with van der Waals surface area (Å²) in [4.78, 5) is 24.3. The fourth-order valence-corrected chi connectivity index (χ4v) is 4.77. The van der Waals surface area contributed by atoms with Gasteiger partial charge in [-0.25, -0.2) is 19.7 Å². The number of carboxylic acid groups (broad SMARTS) is 1. The number of hydrogen-bond acceptors (Lipinski definition) is 5. The fraction of sp³-hybridized carbons (Fsp3) is 0.333. The summed E-state index contributed by atoms with van der Waals surface area (Å²) < 4.78 is 82.8. The summed E-state index contributed by atoms with van der Waals surface area (Å²) in [5.41, 5.74) is -1.83. The first-order chi connectivity index (χ1) is 18.8. The van der Waals surface area contributed by atoms with Crippen LogP contribution in [0.5, 0.6) is 0 Å². The summed E-state index contributed by atoms with van der Waals surface area (Å²) in [7, 11) is 0. The van der Waals surface area contributed by atoms with Gasteiger partial charge in [-0.15, -0.1) is 0 Å². The van der Waals surface area contributed by atoms with Crippen molar-refractivity contribution >= 4 is 23.0 Å². The van der Waals surface area contributed by atoms with E-state index in [0.717, 1.165) is 37.5 Å². The summed E-state index contributed by atoms with van der Waals surface area (Å²) >= 11 is 0. The van der Waals surface area contributed by atoms with Crippen LogP contribution in [0.25, 0.3) is 22.6 Å². The van der Waals surface area contributed by atoms with Crippen molar-refractivity contribution < 1.29 is 36.2 Å². The van der Waals surface area contributed by atoms with Crippen LogP contribution in [0.3, 0.4) is 0 Å². The average Bonchev–Trinajstić information content (AvgIpc) is 3.20. The standard InChI is InChI=1S/C27H23F6N5O2/c1-14(16-5-4-6-16)34-21-20-22(36-23(35-21)25(39)40)37-24(18-7-2-3-8-19(18)27(31,32)33)38(20)13-15-9-11-17(12-10-15)26(28,29)30/h2-3,7-12,14,16H,4-6,13H2,1H3,(H,39,40)(H,34,35,36). The van der Waals surface area contributed by atoms with Gasteiger partial charge in [0, 0.05) is 18.2 Å². The number of fused-ring (bicyclic) bond motifs is 1. The number of benzene rings is 2. The Balaban J connectivity index is 1.73. The lowest BCUT2D eigenvalue weighted by Gasteiger charge is -2.32. The van der Waals surface area contributed by atoms with Crippen LogP contribution in [-0.4, -0.2) is 36.6 Å². The summed E-state index contributed by atoms with van der Waals surface area (Å²) in [6.45, 7) is 1.72. The Morgan fingerprint density at radius 3 is 2.25 bits per heavy atom. The van der Waals surface area contributed by atoms with Gasteiger partial charge < -0.3 is 15.0 Å². The minimum absolute atomic E-state index is 0.0666. The van der Waals surface area contributed by atoms with E-state index in [4.69, 9.17) is 0 Å². The minimum Gasteiger partial charge on any atom is -0.475 e. The van der Waals surface area contributed by atoms with Gasteiger partial charge in [0.1, 0.15) is 11.3 Å². The molecule has 4 aromatic rings. The number of carboxylic acids is 1. The van der Waals surface area contributed by atoms with Crippen LogP contribution in [-0.2, 0) is 18.9 Å². The number of carbonyl (C=O) groups is 1. The van der Waals surface area contributed by atoms with Crippen molar-refractivity contribution in [2.24, 2.45) is 5.92 Å². The largest absolute Gasteiger partial charge is 0.475 e. The number of imidazole rings is 1. The van der Waals surface area contributed by atoms with Crippen LogP contribution in [0.4, 0.5) is 32.2 Å². The first-order valence-electron chi connectivity index (χ1n) is 12.4. The van der Waals surface area contributed by atoms with Crippen LogP contribution in [0.1, 0.15) is 53.5 Å². The van der Waals surface area contributed by atoms with E-state index in [-0.39, 0.29) is 46.9 Å². The van der Waals surface area contributed by atoms with E-state index in [1.54, 1.807) is 0 Å². The number of aromatic nitrogens is 4. The molecule has 2 aromatic heterocycles. The number of aromatic carboxylic acids is 1. The maximum atomic E-state index is 14.0. The van der Waals surface area contributed by atoms with E-state index in [0.29, 0.717) is 5.56 Å². The number of halogens is 6. The maximum Gasteiger partial charge on any atom is 0.417 e. The SMILES string of the molecule is CC(Nc1nc(C(=O)O)nc2nc(-c3ccccc3C(F)(F)F)n(Cc3ccc(C(F)(F)F)cc3)c12)C1CCC1. The third-order valence-electron chi connectivity index (χ3n) is 7.11. The van der Waals surface area contributed by atoms with Gasteiger partial charge in [0.15, 0.2) is 11.5 Å². The molecule has 0 aliphatic heterocycles. The second-order valence-electron chi connectivity index (χ2n) is 9.76. The molecular formula is C27H23F6N5O2. The third-order valence-corrected chi connectivity index (χ3v) is 7.11. The Morgan fingerprint density at radius 1 is 1.00 bits per heavy atom. The van der Waals surface area contributed by atoms with Crippen molar-refractivity contribution in [2.75, 3.05) is 5.32 Å². The highest BCUT2D eigenvalue weighted by Crippen LogP contribution is 2.39. The predicted molar refractivity (Wildman–Crippen MR) is 134 cm³/mol. The molecule has 0 bridgehead atoms. The lowest BCUT2D eigenvalue weighted by molar-refractivity contribution is -0.138. The quantitative estimate of drug-likeness (QED) is 0.238. The first-order valence-corrected chi connectivity index (χ1v) is 12.4. The van der Waals surface area contributed by atoms with E-state index in [2.05, 4.69) is 20.3 Å². The fourth-order valence-electron chi connectivity index (χ4n) is 4.77. The molecule has 0 amide bonds. The van der Waals surface area contributed by atoms with Gasteiger partial charge in [0.2, 0.25) is 5.82 Å². The molecule has 1 atom stereocenters. The second kappa shape index (κ2) is 10.1. The second-order valence-corrected chi connectivity index (χ2v) is 9.76. The van der Waals surface area contributed by atoms with Crippen molar-refractivity contribution in [3.05, 3.63) is 71.0 Å². The molecule has 13 heteroatoms. The van der Waals surface area contributed by atoms with E-state index in [1.807, 2.05) is 6.92 Å². The Hall–Kier alpha value is -4.16. The highest BCUT2D eigenvalue weighted by Gasteiger charge is 2.36. The van der Waals surface area contributed by atoms with Gasteiger partial charge in [0.05, 0.1) is 11.1 Å².